The molecule has 11 heteroatoms. The van der Waals surface area contributed by atoms with Gasteiger partial charge in [0, 0.05) is 18.0 Å². The summed E-state index contributed by atoms with van der Waals surface area (Å²) in [6.07, 6.45) is 1.89. The molecule has 0 radical (unpaired) electrons. The van der Waals surface area contributed by atoms with Crippen molar-refractivity contribution in [3.8, 4) is 12.3 Å². The Bertz CT molecular complexity index is 1160. The maximum Gasteiger partial charge on any atom is 0.411 e. The first-order chi connectivity index (χ1) is 16.9. The topological polar surface area (TPSA) is 91.2 Å². The summed E-state index contributed by atoms with van der Waals surface area (Å²) in [5.74, 6) is -1.27. The molecule has 0 unspecified atom stereocenters. The molecule has 0 saturated heterocycles. The number of hydrogen-bond donors (Lipinski definition) is 2. The van der Waals surface area contributed by atoms with Crippen LogP contribution in [0.4, 0.5) is 13.6 Å². The molecule has 1 fully saturated rings. The van der Waals surface area contributed by atoms with E-state index in [-0.39, 0.29) is 35.3 Å². The van der Waals surface area contributed by atoms with E-state index in [0.29, 0.717) is 11.1 Å². The lowest BCUT2D eigenvalue weighted by molar-refractivity contribution is -0.147. The number of carboxylic acid groups (broad SMARTS) is 1. The van der Waals surface area contributed by atoms with Gasteiger partial charge in [-0.15, -0.1) is 6.42 Å². The molecule has 0 spiro atoms. The van der Waals surface area contributed by atoms with E-state index in [9.17, 15) is 14.7 Å². The minimum absolute atomic E-state index is 0.0273. The van der Waals surface area contributed by atoms with Crippen molar-refractivity contribution in [1.29, 1.82) is 0 Å². The van der Waals surface area contributed by atoms with Gasteiger partial charge in [0.25, 0.3) is 5.92 Å². The Hall–Kier alpha value is -2.48. The summed E-state index contributed by atoms with van der Waals surface area (Å²) in [6.45, 7) is 11.4. The van der Waals surface area contributed by atoms with Crippen molar-refractivity contribution in [1.82, 2.24) is 10.2 Å². The van der Waals surface area contributed by atoms with Gasteiger partial charge < -0.3 is 9.53 Å². The number of amides is 2. The van der Waals surface area contributed by atoms with E-state index < -0.39 is 50.3 Å². The van der Waals surface area contributed by atoms with Crippen LogP contribution in [0, 0.1) is 12.3 Å². The van der Waals surface area contributed by atoms with Gasteiger partial charge >= 0.3 is 6.09 Å². The van der Waals surface area contributed by atoms with Crippen LogP contribution in [0.15, 0.2) is 23.2 Å². The number of halogens is 3. The second-order valence-corrected chi connectivity index (χ2v) is 16.6. The highest BCUT2D eigenvalue weighted by molar-refractivity contribution is 6.74. The number of alkyl halides is 2. The minimum atomic E-state index is -3.07. The maximum atomic E-state index is 15.0. The highest BCUT2D eigenvalue weighted by Gasteiger charge is 2.53. The number of guanidine groups is 1. The van der Waals surface area contributed by atoms with Gasteiger partial charge in [0.05, 0.1) is 17.0 Å². The molecule has 1 aliphatic carbocycles. The number of aliphatic imine (C=N–C) groups is 1. The van der Waals surface area contributed by atoms with Gasteiger partial charge in [-0.25, -0.2) is 18.6 Å². The Morgan fingerprint density at radius 3 is 2.59 bits per heavy atom. The third-order valence-corrected chi connectivity index (χ3v) is 12.6. The molecular formula is C26H34ClF2N3O4Si. The predicted molar refractivity (Wildman–Crippen MR) is 141 cm³/mol. The number of nitrogens with one attached hydrogen (secondary N) is 1. The molecule has 2 amide bonds. The number of hydrogen-bond acceptors (Lipinski definition) is 4. The Kier molecular flexibility index (Phi) is 7.86. The summed E-state index contributed by atoms with van der Waals surface area (Å²) in [5.41, 5.74) is -0.333. The van der Waals surface area contributed by atoms with Crippen LogP contribution < -0.4 is 5.32 Å². The standard InChI is InChI=1S/C26H34ClF2N3O4Si/c1-8-16-10-9-11-18(21(16)27)25(5)15-20(33)32(22(31-25)30-23(34)35)17-12-13-26(28,29)19(14-17)36-37(6,7)24(2,3)4/h1,9-11,17,19H,12-15H2,2-7H3,(H,30,31)(H,34,35)/t17-,19-,25-/m0/s1. The van der Waals surface area contributed by atoms with Crippen LogP contribution in [0.5, 0.6) is 0 Å². The number of rotatable bonds is 4. The highest BCUT2D eigenvalue weighted by atomic mass is 35.5. The molecule has 3 rings (SSSR count). The molecule has 202 valence electrons. The summed E-state index contributed by atoms with van der Waals surface area (Å²) in [4.78, 5) is 31.0. The highest BCUT2D eigenvalue weighted by Crippen LogP contribution is 2.45. The van der Waals surface area contributed by atoms with Gasteiger partial charge in [-0.2, -0.15) is 0 Å². The number of nitrogens with zero attached hydrogens (tertiary/aromatic N) is 2. The molecule has 2 aliphatic rings. The van der Waals surface area contributed by atoms with Crippen molar-refractivity contribution >= 4 is 37.9 Å². The number of carbonyl (C=O) groups excluding carboxylic acids is 1. The van der Waals surface area contributed by atoms with E-state index in [4.69, 9.17) is 22.5 Å². The summed E-state index contributed by atoms with van der Waals surface area (Å²) in [5, 5.41) is 11.7. The van der Waals surface area contributed by atoms with E-state index in [0.717, 1.165) is 0 Å². The molecule has 0 bridgehead atoms. The summed E-state index contributed by atoms with van der Waals surface area (Å²) in [7, 11) is -2.56. The van der Waals surface area contributed by atoms with Crippen molar-refractivity contribution < 1.29 is 27.9 Å². The lowest BCUT2D eigenvalue weighted by Gasteiger charge is -2.47. The van der Waals surface area contributed by atoms with Gasteiger partial charge in [-0.3, -0.25) is 15.0 Å². The Morgan fingerprint density at radius 1 is 1.38 bits per heavy atom. The smallest absolute Gasteiger partial charge is 0.411 e. The zero-order valence-corrected chi connectivity index (χ0v) is 23.7. The predicted octanol–water partition coefficient (Wildman–Crippen LogP) is 5.97. The molecule has 37 heavy (non-hydrogen) atoms. The summed E-state index contributed by atoms with van der Waals surface area (Å²) >= 11 is 6.50. The summed E-state index contributed by atoms with van der Waals surface area (Å²) in [6, 6.07) is 4.30. The SMILES string of the molecule is C#Cc1cccc([C@]2(C)CC(=O)N([C@H]3CCC(F)(F)[C@@H](O[Si](C)(C)C(C)(C)C)C3)C(NC(=O)O)=N2)c1Cl. The molecule has 1 aliphatic heterocycles. The Labute approximate surface area is 222 Å². The van der Waals surface area contributed by atoms with E-state index in [2.05, 4.69) is 16.2 Å². The quantitative estimate of drug-likeness (QED) is 0.355. The van der Waals surface area contributed by atoms with Gasteiger partial charge in [0.2, 0.25) is 11.9 Å². The van der Waals surface area contributed by atoms with Crippen LogP contribution in [-0.2, 0) is 14.8 Å². The lowest BCUT2D eigenvalue weighted by atomic mass is 9.84. The fourth-order valence-corrected chi connectivity index (χ4v) is 6.28. The van der Waals surface area contributed by atoms with E-state index >= 15 is 8.78 Å². The second kappa shape index (κ2) is 10.0. The first kappa shape index (κ1) is 29.1. The maximum absolute atomic E-state index is 15.0. The van der Waals surface area contributed by atoms with Crippen LogP contribution in [0.25, 0.3) is 0 Å². The van der Waals surface area contributed by atoms with Crippen LogP contribution in [0.1, 0.15) is 64.5 Å². The molecular weight excluding hydrogens is 520 g/mol. The molecule has 0 aromatic heterocycles. The average molecular weight is 554 g/mol. The Morgan fingerprint density at radius 2 is 2.03 bits per heavy atom. The molecule has 1 saturated carbocycles. The van der Waals surface area contributed by atoms with Crippen molar-refractivity contribution in [2.75, 3.05) is 0 Å². The van der Waals surface area contributed by atoms with Gasteiger partial charge in [0.1, 0.15) is 6.10 Å². The number of benzene rings is 1. The van der Waals surface area contributed by atoms with Gasteiger partial charge in [-0.05, 0) is 49.5 Å². The van der Waals surface area contributed by atoms with Crippen LogP contribution >= 0.6 is 11.6 Å². The normalized spacial score (nSPS) is 26.3. The van der Waals surface area contributed by atoms with Crippen molar-refractivity contribution in [3.05, 3.63) is 34.3 Å². The van der Waals surface area contributed by atoms with Crippen LogP contribution in [0.3, 0.4) is 0 Å². The molecule has 3 atom stereocenters. The first-order valence-corrected chi connectivity index (χ1v) is 15.4. The Balaban J connectivity index is 2.01. The monoisotopic (exact) mass is 553 g/mol. The molecule has 1 heterocycles. The van der Waals surface area contributed by atoms with Crippen molar-refractivity contribution in [2.45, 2.75) is 95.1 Å². The summed E-state index contributed by atoms with van der Waals surface area (Å²) < 4.78 is 36.2. The van der Waals surface area contributed by atoms with Crippen LogP contribution in [0.2, 0.25) is 23.2 Å². The van der Waals surface area contributed by atoms with Gasteiger partial charge in [0.15, 0.2) is 8.32 Å². The zero-order valence-electron chi connectivity index (χ0n) is 22.0. The third kappa shape index (κ3) is 5.84. The molecule has 2 N–H and O–H groups in total. The molecule has 7 nitrogen and oxygen atoms in total. The minimum Gasteiger partial charge on any atom is -0.465 e. The number of terminal acetylenes is 1. The lowest BCUT2D eigenvalue weighted by Crippen LogP contribution is -2.60. The largest absolute Gasteiger partial charge is 0.465 e. The fourth-order valence-electron chi connectivity index (χ4n) is 4.56. The molecule has 1 aromatic carbocycles. The van der Waals surface area contributed by atoms with E-state index in [1.54, 1.807) is 25.1 Å². The average Bonchev–Trinajstić information content (AvgIpc) is 2.74. The van der Waals surface area contributed by atoms with E-state index in [1.807, 2.05) is 33.9 Å². The van der Waals surface area contributed by atoms with Crippen molar-refractivity contribution in [3.63, 3.8) is 0 Å². The first-order valence-electron chi connectivity index (χ1n) is 12.1. The van der Waals surface area contributed by atoms with Crippen molar-refractivity contribution in [2.24, 2.45) is 4.99 Å². The molecule has 1 aromatic rings. The number of carbonyl (C=O) groups is 2. The van der Waals surface area contributed by atoms with Gasteiger partial charge in [-0.1, -0.05) is 50.4 Å². The van der Waals surface area contributed by atoms with E-state index in [1.165, 1.54) is 4.90 Å². The fraction of sp³-hybridized carbons (Fsp3) is 0.577. The van der Waals surface area contributed by atoms with Crippen LogP contribution in [-0.4, -0.2) is 54.4 Å². The second-order valence-electron chi connectivity index (χ2n) is 11.4. The zero-order chi connectivity index (χ0) is 28.0. The third-order valence-electron chi connectivity index (χ3n) is 7.67.